The van der Waals surface area contributed by atoms with E-state index in [0.29, 0.717) is 0 Å². The molecule has 0 fully saturated rings. The summed E-state index contributed by atoms with van der Waals surface area (Å²) in [4.78, 5) is 9.29. The summed E-state index contributed by atoms with van der Waals surface area (Å²) in [6.07, 6.45) is 0. The Labute approximate surface area is 68.5 Å². The monoisotopic (exact) mass is 177 g/mol. The van der Waals surface area contributed by atoms with Crippen molar-refractivity contribution in [2.45, 2.75) is 13.8 Å². The molecule has 0 aromatic carbocycles. The Balaban J connectivity index is 0.000000461. The molecule has 1 aromatic heterocycles. The summed E-state index contributed by atoms with van der Waals surface area (Å²) in [6.45, 7) is 4.00. The van der Waals surface area contributed by atoms with Crippen LogP contribution in [0.3, 0.4) is 0 Å². The summed E-state index contributed by atoms with van der Waals surface area (Å²) in [5.41, 5.74) is 0. The average molecular weight is 178 g/mol. The van der Waals surface area contributed by atoms with E-state index in [2.05, 4.69) is 10.2 Å². The summed E-state index contributed by atoms with van der Waals surface area (Å²) in [5.74, 6) is -0.194. The lowest BCUT2D eigenvalue weighted by atomic mass is 10.7. The third-order valence-corrected chi connectivity index (χ3v) is 0.923. The van der Waals surface area contributed by atoms with Gasteiger partial charge in [0.15, 0.2) is 5.15 Å². The van der Waals surface area contributed by atoms with Crippen LogP contribution < -0.4 is 0 Å². The van der Waals surface area contributed by atoms with Gasteiger partial charge in [0.2, 0.25) is 0 Å². The van der Waals surface area contributed by atoms with E-state index in [1.165, 1.54) is 0 Å². The number of hydrogen-bond donors (Lipinski definition) is 1. The van der Waals surface area contributed by atoms with Crippen LogP contribution >= 0.6 is 11.6 Å². The minimum Gasteiger partial charge on any atom is -0.358 e. The second-order valence-electron chi connectivity index (χ2n) is 1.33. The van der Waals surface area contributed by atoms with E-state index in [1.54, 1.807) is 0 Å². The molecule has 0 atom stereocenters. The molecule has 0 aliphatic heterocycles. The van der Waals surface area contributed by atoms with Gasteiger partial charge in [0.25, 0.3) is 0 Å². The predicted octanol–water partition coefficient (Wildman–Crippen LogP) is 2.00. The highest BCUT2D eigenvalue weighted by Crippen LogP contribution is 2.11. The summed E-state index contributed by atoms with van der Waals surface area (Å²) in [5, 5.41) is 15.4. The average Bonchev–Trinajstić information content (AvgIpc) is 2.40. The zero-order valence-corrected chi connectivity index (χ0v) is 6.92. The molecule has 0 unspecified atom stereocenters. The number of H-pyrrole nitrogens is 1. The molecule has 62 valence electrons. The fraction of sp³-hybridized carbons (Fsp3) is 0.400. The Kier molecular flexibility index (Phi) is 4.21. The van der Waals surface area contributed by atoms with Gasteiger partial charge in [-0.3, -0.25) is 0 Å². The minimum absolute atomic E-state index is 0.0988. The Hall–Kier alpha value is -1.10. The molecule has 0 aliphatic rings. The first-order valence-corrected chi connectivity index (χ1v) is 3.43. The molecule has 0 amide bonds. The van der Waals surface area contributed by atoms with Gasteiger partial charge in [0.1, 0.15) is 0 Å². The Morgan fingerprint density at radius 3 is 2.45 bits per heavy atom. The molecule has 5 nitrogen and oxygen atoms in total. The zero-order chi connectivity index (χ0) is 8.85. The molecule has 0 saturated heterocycles. The highest BCUT2D eigenvalue weighted by Gasteiger charge is 2.05. The van der Waals surface area contributed by atoms with Crippen molar-refractivity contribution in [1.29, 1.82) is 0 Å². The smallest absolute Gasteiger partial charge is 0.344 e. The lowest BCUT2D eigenvalue weighted by Gasteiger charge is -1.82. The summed E-state index contributed by atoms with van der Waals surface area (Å²) in [7, 11) is 0. The molecule has 0 aliphatic carbocycles. The van der Waals surface area contributed by atoms with Gasteiger partial charge in [0.05, 0.1) is 6.07 Å². The van der Waals surface area contributed by atoms with E-state index in [0.717, 1.165) is 6.07 Å². The molecular weight excluding hydrogens is 170 g/mol. The number of nitrogens with one attached hydrogen (secondary N) is 1. The maximum absolute atomic E-state index is 9.89. The number of halogens is 1. The van der Waals surface area contributed by atoms with Crippen LogP contribution in [-0.4, -0.2) is 15.1 Å². The van der Waals surface area contributed by atoms with Crippen molar-refractivity contribution < 1.29 is 4.92 Å². The fourth-order valence-electron chi connectivity index (χ4n) is 0.382. The first kappa shape index (κ1) is 9.90. The highest BCUT2D eigenvalue weighted by atomic mass is 35.5. The van der Waals surface area contributed by atoms with Crippen molar-refractivity contribution >= 4 is 17.4 Å². The summed E-state index contributed by atoms with van der Waals surface area (Å²) < 4.78 is 0. The van der Waals surface area contributed by atoms with E-state index >= 15 is 0 Å². The molecule has 0 radical (unpaired) electrons. The number of rotatable bonds is 1. The number of nitro groups is 1. The topological polar surface area (TPSA) is 71.8 Å². The quantitative estimate of drug-likeness (QED) is 0.527. The van der Waals surface area contributed by atoms with Crippen LogP contribution in [0.2, 0.25) is 5.15 Å². The van der Waals surface area contributed by atoms with Gasteiger partial charge in [-0.2, -0.15) is 0 Å². The first-order chi connectivity index (χ1) is 5.20. The van der Waals surface area contributed by atoms with Gasteiger partial charge >= 0.3 is 5.82 Å². The zero-order valence-electron chi connectivity index (χ0n) is 6.17. The molecule has 11 heavy (non-hydrogen) atoms. The number of nitrogens with zero attached hydrogens (tertiary/aromatic N) is 2. The Morgan fingerprint density at radius 2 is 2.27 bits per heavy atom. The van der Waals surface area contributed by atoms with Gasteiger partial charge in [-0.1, -0.05) is 30.5 Å². The second kappa shape index (κ2) is 4.68. The molecule has 1 aromatic rings. The molecule has 0 spiro atoms. The third-order valence-electron chi connectivity index (χ3n) is 0.730. The van der Waals surface area contributed by atoms with Crippen molar-refractivity contribution in [2.24, 2.45) is 0 Å². The largest absolute Gasteiger partial charge is 0.358 e. The van der Waals surface area contributed by atoms with Crippen molar-refractivity contribution in [3.8, 4) is 0 Å². The standard InChI is InChI=1S/C3H2ClN3O2.C2H6/c4-2-1-3(6-5-2)7(8)9;1-2/h1H,(H,5,6);1-2H3. The Morgan fingerprint density at radius 1 is 1.73 bits per heavy atom. The van der Waals surface area contributed by atoms with E-state index in [9.17, 15) is 10.1 Å². The number of aromatic nitrogens is 2. The predicted molar refractivity (Wildman–Crippen MR) is 41.6 cm³/mol. The van der Waals surface area contributed by atoms with E-state index < -0.39 is 4.92 Å². The van der Waals surface area contributed by atoms with E-state index in [-0.39, 0.29) is 11.0 Å². The minimum atomic E-state index is -0.598. The van der Waals surface area contributed by atoms with E-state index in [1.807, 2.05) is 13.8 Å². The molecule has 6 heteroatoms. The molecule has 0 saturated carbocycles. The maximum Gasteiger partial charge on any atom is 0.344 e. The first-order valence-electron chi connectivity index (χ1n) is 3.05. The van der Waals surface area contributed by atoms with E-state index in [4.69, 9.17) is 11.6 Å². The van der Waals surface area contributed by atoms with Crippen LogP contribution in [0.15, 0.2) is 6.07 Å². The number of hydrogen-bond acceptors (Lipinski definition) is 3. The summed E-state index contributed by atoms with van der Waals surface area (Å²) in [6, 6.07) is 1.14. The van der Waals surface area contributed by atoms with Crippen LogP contribution in [0.4, 0.5) is 5.82 Å². The van der Waals surface area contributed by atoms with Gasteiger partial charge in [-0.25, -0.2) is 0 Å². The second-order valence-corrected chi connectivity index (χ2v) is 1.72. The normalized spacial score (nSPS) is 8.27. The summed E-state index contributed by atoms with van der Waals surface area (Å²) >= 11 is 5.26. The van der Waals surface area contributed by atoms with Crippen LogP contribution in [0.5, 0.6) is 0 Å². The van der Waals surface area contributed by atoms with Crippen molar-refractivity contribution in [1.82, 2.24) is 10.2 Å². The lowest BCUT2D eigenvalue weighted by Crippen LogP contribution is -1.86. The SMILES string of the molecule is CC.O=[N+]([O-])c1cc(Cl)n[nH]1. The molecule has 1 N–H and O–H groups in total. The van der Waals surface area contributed by atoms with Crippen LogP contribution in [0.1, 0.15) is 13.8 Å². The Bertz CT molecular complexity index is 235. The van der Waals surface area contributed by atoms with Crippen molar-refractivity contribution in [3.63, 3.8) is 0 Å². The lowest BCUT2D eigenvalue weighted by molar-refractivity contribution is -0.389. The van der Waals surface area contributed by atoms with Crippen LogP contribution in [0, 0.1) is 10.1 Å². The highest BCUT2D eigenvalue weighted by molar-refractivity contribution is 6.29. The van der Waals surface area contributed by atoms with Gasteiger partial charge in [0, 0.05) is 0 Å². The van der Waals surface area contributed by atoms with Crippen molar-refractivity contribution in [2.75, 3.05) is 0 Å². The van der Waals surface area contributed by atoms with Crippen LogP contribution in [-0.2, 0) is 0 Å². The molecular formula is C5H8ClN3O2. The maximum atomic E-state index is 9.89. The number of aromatic amines is 1. The van der Waals surface area contributed by atoms with Gasteiger partial charge < -0.3 is 10.1 Å². The molecule has 0 bridgehead atoms. The molecule has 1 heterocycles. The van der Waals surface area contributed by atoms with Gasteiger partial charge in [-0.15, -0.1) is 5.10 Å². The van der Waals surface area contributed by atoms with Gasteiger partial charge in [-0.05, 0) is 4.92 Å². The molecule has 1 rings (SSSR count). The van der Waals surface area contributed by atoms with Crippen molar-refractivity contribution in [3.05, 3.63) is 21.3 Å². The van der Waals surface area contributed by atoms with Crippen LogP contribution in [0.25, 0.3) is 0 Å². The third kappa shape index (κ3) is 2.99. The fourth-order valence-corrected chi connectivity index (χ4v) is 0.527.